The molecule has 2 atom stereocenters. The summed E-state index contributed by atoms with van der Waals surface area (Å²) in [4.78, 5) is 20.9. The molecule has 0 spiro atoms. The summed E-state index contributed by atoms with van der Waals surface area (Å²) in [6, 6.07) is 0. The summed E-state index contributed by atoms with van der Waals surface area (Å²) in [5.41, 5.74) is 15.3. The molecule has 0 radical (unpaired) electrons. The van der Waals surface area contributed by atoms with Crippen molar-refractivity contribution < 1.29 is 9.90 Å². The standard InChI is InChI=1S/C16H18ClN5O2/c1-6-4-5-9(23)11(17)13(6)22-14(18)10(15(19)24)12-16(22)21-8(3)7(2)20-12/h4-5,9,11,23H,18H2,1-3H3,(H2,19,24). The maximum absolute atomic E-state index is 11.9. The van der Waals surface area contributed by atoms with E-state index in [1.165, 1.54) is 0 Å². The van der Waals surface area contributed by atoms with Gasteiger partial charge in [0.1, 0.15) is 22.3 Å². The summed E-state index contributed by atoms with van der Waals surface area (Å²) in [6.07, 6.45) is 2.48. The summed E-state index contributed by atoms with van der Waals surface area (Å²) < 4.78 is 1.56. The number of hydrogen-bond acceptors (Lipinski definition) is 5. The lowest BCUT2D eigenvalue weighted by Crippen LogP contribution is -2.27. The summed E-state index contributed by atoms with van der Waals surface area (Å²) in [5, 5.41) is 9.33. The third-order valence-electron chi connectivity index (χ3n) is 4.23. The van der Waals surface area contributed by atoms with Gasteiger partial charge in [0.15, 0.2) is 5.65 Å². The van der Waals surface area contributed by atoms with Crippen LogP contribution in [0.1, 0.15) is 28.7 Å². The molecule has 3 rings (SSSR count). The molecule has 126 valence electrons. The van der Waals surface area contributed by atoms with Crippen molar-refractivity contribution in [1.29, 1.82) is 0 Å². The molecule has 2 unspecified atom stereocenters. The fourth-order valence-corrected chi connectivity index (χ4v) is 3.21. The van der Waals surface area contributed by atoms with Crippen LogP contribution in [0.15, 0.2) is 17.7 Å². The second-order valence-corrected chi connectivity index (χ2v) is 6.32. The molecule has 0 aliphatic heterocycles. The zero-order valence-corrected chi connectivity index (χ0v) is 14.3. The molecule has 24 heavy (non-hydrogen) atoms. The highest BCUT2D eigenvalue weighted by molar-refractivity contribution is 6.27. The Morgan fingerprint density at radius 2 is 1.92 bits per heavy atom. The number of aromatic nitrogens is 3. The highest BCUT2D eigenvalue weighted by Gasteiger charge is 2.31. The van der Waals surface area contributed by atoms with Gasteiger partial charge in [0.05, 0.1) is 17.5 Å². The van der Waals surface area contributed by atoms with E-state index in [0.717, 1.165) is 5.57 Å². The van der Waals surface area contributed by atoms with Crippen molar-refractivity contribution in [3.63, 3.8) is 0 Å². The maximum atomic E-state index is 11.9. The molecule has 1 amide bonds. The zero-order chi connectivity index (χ0) is 17.8. The number of rotatable bonds is 2. The summed E-state index contributed by atoms with van der Waals surface area (Å²) in [6.45, 7) is 5.45. The van der Waals surface area contributed by atoms with Gasteiger partial charge in [-0.05, 0) is 26.3 Å². The van der Waals surface area contributed by atoms with Gasteiger partial charge >= 0.3 is 0 Å². The van der Waals surface area contributed by atoms with Gasteiger partial charge in [0, 0.05) is 5.70 Å². The van der Waals surface area contributed by atoms with Gasteiger partial charge in [0.2, 0.25) is 0 Å². The van der Waals surface area contributed by atoms with Crippen LogP contribution in [0.5, 0.6) is 0 Å². The predicted octanol–water partition coefficient (Wildman–Crippen LogP) is 1.50. The Kier molecular flexibility index (Phi) is 3.85. The Morgan fingerprint density at radius 3 is 2.54 bits per heavy atom. The second-order valence-electron chi connectivity index (χ2n) is 5.85. The largest absolute Gasteiger partial charge is 0.387 e. The number of nitrogens with two attached hydrogens (primary N) is 2. The Hall–Kier alpha value is -2.38. The lowest BCUT2D eigenvalue weighted by Gasteiger charge is -2.25. The fraction of sp³-hybridized carbons (Fsp3) is 0.312. The summed E-state index contributed by atoms with van der Waals surface area (Å²) >= 11 is 6.39. The van der Waals surface area contributed by atoms with Crippen molar-refractivity contribution in [3.8, 4) is 0 Å². The second kappa shape index (κ2) is 5.61. The molecule has 0 saturated heterocycles. The molecule has 2 heterocycles. The van der Waals surface area contributed by atoms with Gasteiger partial charge in [-0.25, -0.2) is 9.97 Å². The molecule has 2 aromatic rings. The number of fused-ring (bicyclic) bond motifs is 1. The van der Waals surface area contributed by atoms with E-state index in [0.29, 0.717) is 28.2 Å². The SMILES string of the molecule is CC1=C(n2c(N)c(C(N)=O)c3nc(C)c(C)nc32)C(Cl)C(O)C=C1. The monoisotopic (exact) mass is 347 g/mol. The van der Waals surface area contributed by atoms with Gasteiger partial charge < -0.3 is 16.6 Å². The first-order valence-electron chi connectivity index (χ1n) is 7.40. The van der Waals surface area contributed by atoms with E-state index in [9.17, 15) is 9.90 Å². The third-order valence-corrected chi connectivity index (χ3v) is 4.69. The van der Waals surface area contributed by atoms with E-state index in [1.54, 1.807) is 23.6 Å². The quantitative estimate of drug-likeness (QED) is 0.711. The van der Waals surface area contributed by atoms with Gasteiger partial charge in [-0.2, -0.15) is 0 Å². The lowest BCUT2D eigenvalue weighted by atomic mass is 10.0. The number of hydrogen-bond donors (Lipinski definition) is 3. The third kappa shape index (κ3) is 2.28. The number of carbonyl (C=O) groups excluding carboxylic acids is 1. The van der Waals surface area contributed by atoms with Crippen LogP contribution in [0, 0.1) is 13.8 Å². The number of aliphatic hydroxyl groups excluding tert-OH is 1. The van der Waals surface area contributed by atoms with Crippen molar-refractivity contribution >= 4 is 40.2 Å². The van der Waals surface area contributed by atoms with Crippen LogP contribution in [-0.2, 0) is 0 Å². The van der Waals surface area contributed by atoms with E-state index in [1.807, 2.05) is 13.8 Å². The molecule has 0 saturated carbocycles. The van der Waals surface area contributed by atoms with Crippen molar-refractivity contribution in [1.82, 2.24) is 14.5 Å². The number of aryl methyl sites for hydroxylation is 2. The number of primary amides is 1. The van der Waals surface area contributed by atoms with Crippen molar-refractivity contribution in [2.24, 2.45) is 5.73 Å². The number of halogens is 1. The first-order chi connectivity index (χ1) is 11.2. The average Bonchev–Trinajstić information content (AvgIpc) is 2.77. The van der Waals surface area contributed by atoms with Gasteiger partial charge in [-0.15, -0.1) is 11.6 Å². The molecule has 0 fully saturated rings. The molecule has 5 N–H and O–H groups in total. The average molecular weight is 348 g/mol. The zero-order valence-electron chi connectivity index (χ0n) is 13.5. The molecule has 1 aliphatic rings. The van der Waals surface area contributed by atoms with E-state index in [2.05, 4.69) is 9.97 Å². The van der Waals surface area contributed by atoms with E-state index in [4.69, 9.17) is 23.1 Å². The number of nitrogen functional groups attached to an aromatic ring is 1. The molecular formula is C16H18ClN5O2. The van der Waals surface area contributed by atoms with Crippen LogP contribution in [0.4, 0.5) is 5.82 Å². The minimum absolute atomic E-state index is 0.105. The molecular weight excluding hydrogens is 330 g/mol. The number of allylic oxidation sites excluding steroid dienone is 2. The Labute approximate surface area is 143 Å². The summed E-state index contributed by atoms with van der Waals surface area (Å²) in [7, 11) is 0. The number of anilines is 1. The molecule has 8 heteroatoms. The minimum atomic E-state index is -0.876. The smallest absolute Gasteiger partial charge is 0.254 e. The first-order valence-corrected chi connectivity index (χ1v) is 7.84. The maximum Gasteiger partial charge on any atom is 0.254 e. The van der Waals surface area contributed by atoms with Gasteiger partial charge in [-0.3, -0.25) is 9.36 Å². The van der Waals surface area contributed by atoms with E-state index < -0.39 is 17.4 Å². The molecule has 1 aliphatic carbocycles. The number of aliphatic hydroxyl groups is 1. The molecule has 2 aromatic heterocycles. The fourth-order valence-electron chi connectivity index (χ4n) is 2.85. The minimum Gasteiger partial charge on any atom is -0.387 e. The normalized spacial score (nSPS) is 20.9. The topological polar surface area (TPSA) is 120 Å². The van der Waals surface area contributed by atoms with Crippen molar-refractivity contribution in [3.05, 3.63) is 34.7 Å². The van der Waals surface area contributed by atoms with E-state index >= 15 is 0 Å². The number of amides is 1. The van der Waals surface area contributed by atoms with Crippen LogP contribution in [0.3, 0.4) is 0 Å². The first kappa shape index (κ1) is 16.5. The molecule has 0 bridgehead atoms. The number of carbonyl (C=O) groups is 1. The molecule has 7 nitrogen and oxygen atoms in total. The van der Waals surface area contributed by atoms with Gasteiger partial charge in [0.25, 0.3) is 5.91 Å². The van der Waals surface area contributed by atoms with Crippen LogP contribution < -0.4 is 11.5 Å². The highest BCUT2D eigenvalue weighted by atomic mass is 35.5. The predicted molar refractivity (Wildman–Crippen MR) is 93.6 cm³/mol. The van der Waals surface area contributed by atoms with Crippen molar-refractivity contribution in [2.75, 3.05) is 5.73 Å². The van der Waals surface area contributed by atoms with Gasteiger partial charge in [-0.1, -0.05) is 12.2 Å². The van der Waals surface area contributed by atoms with Crippen LogP contribution >= 0.6 is 11.6 Å². The van der Waals surface area contributed by atoms with Crippen LogP contribution in [0.2, 0.25) is 0 Å². The molecule has 0 aromatic carbocycles. The Balaban J connectivity index is 2.45. The van der Waals surface area contributed by atoms with Crippen LogP contribution in [0.25, 0.3) is 16.9 Å². The highest BCUT2D eigenvalue weighted by Crippen LogP contribution is 2.36. The number of nitrogens with zero attached hydrogens (tertiary/aromatic N) is 3. The summed E-state index contributed by atoms with van der Waals surface area (Å²) in [5.74, 6) is -0.574. The Morgan fingerprint density at radius 1 is 1.29 bits per heavy atom. The lowest BCUT2D eigenvalue weighted by molar-refractivity contribution is 0.100. The van der Waals surface area contributed by atoms with E-state index in [-0.39, 0.29) is 11.4 Å². The van der Waals surface area contributed by atoms with Crippen molar-refractivity contribution in [2.45, 2.75) is 32.3 Å². The number of alkyl halides is 1. The Bertz CT molecular complexity index is 928. The van der Waals surface area contributed by atoms with Crippen LogP contribution in [-0.4, -0.2) is 37.0 Å².